The summed E-state index contributed by atoms with van der Waals surface area (Å²) in [6.45, 7) is 2.46. The fourth-order valence-corrected chi connectivity index (χ4v) is 2.44. The zero-order chi connectivity index (χ0) is 15.4. The van der Waals surface area contributed by atoms with E-state index in [1.165, 1.54) is 12.1 Å². The average molecular weight is 353 g/mol. The molecule has 2 aromatic carbocycles. The molecule has 6 heteroatoms. The molecule has 0 bridgehead atoms. The van der Waals surface area contributed by atoms with Crippen molar-refractivity contribution in [3.05, 3.63) is 67.9 Å². The fraction of sp³-hybridized carbons (Fsp3) is 0.200. The Bertz CT molecular complexity index is 677. The Balaban J connectivity index is 2.13. The first-order valence-corrected chi connectivity index (χ1v) is 7.25. The van der Waals surface area contributed by atoms with Gasteiger partial charge in [-0.05, 0) is 41.8 Å². The Morgan fingerprint density at radius 3 is 2.67 bits per heavy atom. The van der Waals surface area contributed by atoms with Gasteiger partial charge < -0.3 is 5.32 Å². The molecule has 0 aliphatic rings. The highest BCUT2D eigenvalue weighted by atomic mass is 79.9. The number of nitro benzene ring substituents is 1. The van der Waals surface area contributed by atoms with E-state index in [1.54, 1.807) is 6.07 Å². The number of nitrogens with zero attached hydrogens (tertiary/aromatic N) is 1. The molecular weight excluding hydrogens is 339 g/mol. The van der Waals surface area contributed by atoms with Gasteiger partial charge in [-0.1, -0.05) is 28.9 Å². The number of rotatable bonds is 5. The first kappa shape index (κ1) is 15.4. The van der Waals surface area contributed by atoms with Crippen molar-refractivity contribution in [1.29, 1.82) is 0 Å². The lowest BCUT2D eigenvalue weighted by molar-refractivity contribution is -0.387. The van der Waals surface area contributed by atoms with Crippen molar-refractivity contribution in [2.24, 2.45) is 0 Å². The van der Waals surface area contributed by atoms with E-state index in [-0.39, 0.29) is 0 Å². The third kappa shape index (κ3) is 3.78. The van der Waals surface area contributed by atoms with Crippen LogP contribution < -0.4 is 5.32 Å². The van der Waals surface area contributed by atoms with Crippen LogP contribution in [0.4, 0.5) is 15.8 Å². The second kappa shape index (κ2) is 6.67. The minimum Gasteiger partial charge on any atom is -0.381 e. The normalized spacial score (nSPS) is 10.4. The van der Waals surface area contributed by atoms with Gasteiger partial charge in [-0.15, -0.1) is 0 Å². The van der Waals surface area contributed by atoms with Crippen molar-refractivity contribution in [2.75, 3.05) is 5.32 Å². The largest absolute Gasteiger partial charge is 0.381 e. The van der Waals surface area contributed by atoms with Gasteiger partial charge in [0.25, 0.3) is 0 Å². The van der Waals surface area contributed by atoms with Crippen molar-refractivity contribution in [3.8, 4) is 0 Å². The summed E-state index contributed by atoms with van der Waals surface area (Å²) in [5.74, 6) is -0.814. The molecule has 0 atom stereocenters. The van der Waals surface area contributed by atoms with E-state index >= 15 is 0 Å². The number of benzene rings is 2. The number of hydrogen-bond acceptors (Lipinski definition) is 3. The number of nitrogens with one attached hydrogen (secondary N) is 1. The van der Waals surface area contributed by atoms with Gasteiger partial charge in [0, 0.05) is 22.8 Å². The van der Waals surface area contributed by atoms with Crippen molar-refractivity contribution in [3.63, 3.8) is 0 Å². The zero-order valence-corrected chi connectivity index (χ0v) is 13.0. The van der Waals surface area contributed by atoms with Crippen molar-refractivity contribution < 1.29 is 9.31 Å². The van der Waals surface area contributed by atoms with Crippen LogP contribution in [0.5, 0.6) is 0 Å². The van der Waals surface area contributed by atoms with E-state index in [2.05, 4.69) is 28.2 Å². The van der Waals surface area contributed by atoms with Crippen molar-refractivity contribution >= 4 is 27.3 Å². The Labute approximate surface area is 130 Å². The van der Waals surface area contributed by atoms with Gasteiger partial charge in [0.15, 0.2) is 0 Å². The minimum atomic E-state index is -0.814. The van der Waals surface area contributed by atoms with E-state index in [4.69, 9.17) is 0 Å². The van der Waals surface area contributed by atoms with E-state index < -0.39 is 16.4 Å². The second-order valence-corrected chi connectivity index (χ2v) is 5.47. The highest BCUT2D eigenvalue weighted by Crippen LogP contribution is 2.23. The summed E-state index contributed by atoms with van der Waals surface area (Å²) < 4.78 is 14.6. The minimum absolute atomic E-state index is 0.406. The molecule has 0 unspecified atom stereocenters. The Morgan fingerprint density at radius 2 is 2.05 bits per heavy atom. The van der Waals surface area contributed by atoms with Crippen LogP contribution in [-0.4, -0.2) is 4.92 Å². The summed E-state index contributed by atoms with van der Waals surface area (Å²) in [7, 11) is 0. The van der Waals surface area contributed by atoms with E-state index in [0.29, 0.717) is 12.1 Å². The molecule has 2 rings (SSSR count). The molecule has 0 heterocycles. The molecular formula is C15H14BrFN2O2. The van der Waals surface area contributed by atoms with Gasteiger partial charge in [-0.2, -0.15) is 4.39 Å². The molecule has 0 aliphatic carbocycles. The molecule has 0 saturated carbocycles. The molecule has 0 spiro atoms. The third-order valence-corrected chi connectivity index (χ3v) is 3.63. The Hall–Kier alpha value is -1.95. The lowest BCUT2D eigenvalue weighted by Crippen LogP contribution is -2.03. The maximum Gasteiger partial charge on any atom is 0.304 e. The summed E-state index contributed by atoms with van der Waals surface area (Å²) in [5.41, 5.74) is 2.27. The van der Waals surface area contributed by atoms with Crippen LogP contribution in [0.3, 0.4) is 0 Å². The first-order valence-electron chi connectivity index (χ1n) is 6.46. The summed E-state index contributed by atoms with van der Waals surface area (Å²) >= 11 is 3.42. The Morgan fingerprint density at radius 1 is 1.29 bits per heavy atom. The maximum atomic E-state index is 13.5. The first-order chi connectivity index (χ1) is 10.0. The summed E-state index contributed by atoms with van der Waals surface area (Å²) in [6.07, 6.45) is 0.871. The van der Waals surface area contributed by atoms with Gasteiger partial charge >= 0.3 is 5.69 Å². The molecule has 0 saturated heterocycles. The number of nitro groups is 1. The number of halogens is 2. The summed E-state index contributed by atoms with van der Waals surface area (Å²) in [5, 5.41) is 13.8. The van der Waals surface area contributed by atoms with Crippen LogP contribution in [0, 0.1) is 15.9 Å². The van der Waals surface area contributed by atoms with Crippen molar-refractivity contribution in [1.82, 2.24) is 0 Å². The van der Waals surface area contributed by atoms with Crippen LogP contribution in [0.25, 0.3) is 0 Å². The highest BCUT2D eigenvalue weighted by Gasteiger charge is 2.13. The fourth-order valence-electron chi connectivity index (χ4n) is 2.03. The molecule has 1 N–H and O–H groups in total. The quantitative estimate of drug-likeness (QED) is 0.628. The maximum absolute atomic E-state index is 13.5. The predicted octanol–water partition coefficient (Wildman–Crippen LogP) is 4.67. The molecule has 0 aromatic heterocycles. The van der Waals surface area contributed by atoms with E-state index in [1.807, 2.05) is 18.2 Å². The topological polar surface area (TPSA) is 55.2 Å². The number of aryl methyl sites for hydroxylation is 1. The second-order valence-electron chi connectivity index (χ2n) is 4.55. The third-order valence-electron chi connectivity index (χ3n) is 3.14. The van der Waals surface area contributed by atoms with Gasteiger partial charge in [-0.25, -0.2) is 0 Å². The average Bonchev–Trinajstić information content (AvgIpc) is 2.45. The van der Waals surface area contributed by atoms with E-state index in [9.17, 15) is 14.5 Å². The van der Waals surface area contributed by atoms with Crippen LogP contribution in [0.2, 0.25) is 0 Å². The molecule has 0 aliphatic heterocycles. The lowest BCUT2D eigenvalue weighted by atomic mass is 10.1. The predicted molar refractivity (Wildman–Crippen MR) is 83.9 cm³/mol. The van der Waals surface area contributed by atoms with E-state index in [0.717, 1.165) is 22.1 Å². The monoisotopic (exact) mass is 352 g/mol. The van der Waals surface area contributed by atoms with Crippen LogP contribution >= 0.6 is 15.9 Å². The van der Waals surface area contributed by atoms with Crippen LogP contribution in [-0.2, 0) is 13.0 Å². The standard InChI is InChI=1S/C15H14BrFN2O2/c1-2-11-8-12(16)4-5-14(11)18-9-10-3-6-15(19(20)21)13(17)7-10/h3-8,18H,2,9H2,1H3. The summed E-state index contributed by atoms with van der Waals surface area (Å²) in [6, 6.07) is 9.84. The van der Waals surface area contributed by atoms with Crippen LogP contribution in [0.1, 0.15) is 18.1 Å². The lowest BCUT2D eigenvalue weighted by Gasteiger charge is -2.11. The molecule has 0 fully saturated rings. The van der Waals surface area contributed by atoms with Gasteiger partial charge in [0.2, 0.25) is 5.82 Å². The molecule has 0 amide bonds. The Kier molecular flexibility index (Phi) is 4.90. The molecule has 4 nitrogen and oxygen atoms in total. The van der Waals surface area contributed by atoms with Gasteiger partial charge in [-0.3, -0.25) is 10.1 Å². The molecule has 21 heavy (non-hydrogen) atoms. The SMILES string of the molecule is CCc1cc(Br)ccc1NCc1ccc([N+](=O)[O-])c(F)c1. The van der Waals surface area contributed by atoms with Gasteiger partial charge in [0.05, 0.1) is 4.92 Å². The molecule has 2 aromatic rings. The highest BCUT2D eigenvalue weighted by molar-refractivity contribution is 9.10. The smallest absolute Gasteiger partial charge is 0.304 e. The summed E-state index contributed by atoms with van der Waals surface area (Å²) in [4.78, 5) is 9.85. The molecule has 0 radical (unpaired) electrons. The number of hydrogen-bond donors (Lipinski definition) is 1. The zero-order valence-electron chi connectivity index (χ0n) is 11.4. The van der Waals surface area contributed by atoms with Crippen LogP contribution in [0.15, 0.2) is 40.9 Å². The van der Waals surface area contributed by atoms with Gasteiger partial charge in [0.1, 0.15) is 0 Å². The number of anilines is 1. The molecule has 110 valence electrons. The van der Waals surface area contributed by atoms with Crippen molar-refractivity contribution in [2.45, 2.75) is 19.9 Å².